The summed E-state index contributed by atoms with van der Waals surface area (Å²) in [7, 11) is 0. The van der Waals surface area contributed by atoms with Crippen LogP contribution >= 0.6 is 46.6 Å². The van der Waals surface area contributed by atoms with Gasteiger partial charge in [-0.15, -0.1) is 11.8 Å². The van der Waals surface area contributed by atoms with Crippen LogP contribution in [-0.4, -0.2) is 24.5 Å². The molecule has 0 aromatic heterocycles. The van der Waals surface area contributed by atoms with Gasteiger partial charge < -0.3 is 9.47 Å². The van der Waals surface area contributed by atoms with Crippen LogP contribution in [0.15, 0.2) is 70.7 Å². The van der Waals surface area contributed by atoms with Gasteiger partial charge in [-0.3, -0.25) is 4.79 Å². The zero-order valence-electron chi connectivity index (χ0n) is 17.7. The van der Waals surface area contributed by atoms with Crippen LogP contribution in [0.4, 0.5) is 0 Å². The fourth-order valence-corrected chi connectivity index (χ4v) is 3.81. The number of nitrogens with one attached hydrogen (secondary N) is 1. The highest BCUT2D eigenvalue weighted by molar-refractivity contribution is 8.00. The highest BCUT2D eigenvalue weighted by Gasteiger charge is 2.08. The first-order chi connectivity index (χ1) is 15.9. The quantitative estimate of drug-likeness (QED) is 0.179. The minimum atomic E-state index is -0.210. The summed E-state index contributed by atoms with van der Waals surface area (Å²) in [4.78, 5) is 13.0. The molecule has 5 nitrogen and oxygen atoms in total. The van der Waals surface area contributed by atoms with E-state index in [0.29, 0.717) is 39.8 Å². The lowest BCUT2D eigenvalue weighted by atomic mass is 10.2. The number of carbonyl (C=O) groups is 1. The van der Waals surface area contributed by atoms with Gasteiger partial charge in [0.25, 0.3) is 0 Å². The van der Waals surface area contributed by atoms with Gasteiger partial charge in [-0.2, -0.15) is 5.10 Å². The highest BCUT2D eigenvalue weighted by atomic mass is 35.5. The van der Waals surface area contributed by atoms with E-state index < -0.39 is 0 Å². The van der Waals surface area contributed by atoms with Crippen molar-refractivity contribution in [2.45, 2.75) is 18.4 Å². The van der Waals surface area contributed by atoms with E-state index in [1.54, 1.807) is 42.6 Å². The minimum Gasteiger partial charge on any atom is -0.490 e. The number of halogens is 3. The van der Waals surface area contributed by atoms with Gasteiger partial charge in [0, 0.05) is 9.92 Å². The molecule has 1 amide bonds. The maximum Gasteiger partial charge on any atom is 0.250 e. The minimum absolute atomic E-state index is 0.210. The normalized spacial score (nSPS) is 10.9. The lowest BCUT2D eigenvalue weighted by Gasteiger charge is -2.13. The molecule has 0 saturated heterocycles. The molecular formula is C24H21Cl3N2O3S. The Morgan fingerprint density at radius 1 is 0.970 bits per heavy atom. The fourth-order valence-electron chi connectivity index (χ4n) is 2.67. The summed E-state index contributed by atoms with van der Waals surface area (Å²) in [5.74, 6) is 1.19. The number of hydrogen-bond donors (Lipinski definition) is 1. The molecule has 0 spiro atoms. The lowest BCUT2D eigenvalue weighted by Crippen LogP contribution is -2.19. The first kappa shape index (κ1) is 25.2. The molecule has 0 radical (unpaired) electrons. The van der Waals surface area contributed by atoms with Crippen molar-refractivity contribution in [3.05, 3.63) is 86.9 Å². The third-order valence-electron chi connectivity index (χ3n) is 4.23. The zero-order chi connectivity index (χ0) is 23.6. The molecule has 1 N–H and O–H groups in total. The number of rotatable bonds is 10. The molecule has 0 atom stereocenters. The van der Waals surface area contributed by atoms with Gasteiger partial charge in [0.2, 0.25) is 5.91 Å². The molecule has 0 aliphatic rings. The van der Waals surface area contributed by atoms with Gasteiger partial charge in [0.15, 0.2) is 11.5 Å². The Kier molecular flexibility index (Phi) is 9.76. The van der Waals surface area contributed by atoms with E-state index in [-0.39, 0.29) is 11.7 Å². The number of carbonyl (C=O) groups excluding carboxylic acids is 1. The summed E-state index contributed by atoms with van der Waals surface area (Å²) >= 11 is 19.3. The molecule has 0 bridgehead atoms. The monoisotopic (exact) mass is 522 g/mol. The van der Waals surface area contributed by atoms with E-state index in [1.165, 1.54) is 11.8 Å². The predicted molar refractivity (Wildman–Crippen MR) is 136 cm³/mol. The smallest absolute Gasteiger partial charge is 0.250 e. The van der Waals surface area contributed by atoms with E-state index in [0.717, 1.165) is 16.0 Å². The van der Waals surface area contributed by atoms with Crippen LogP contribution in [-0.2, 0) is 11.4 Å². The first-order valence-corrected chi connectivity index (χ1v) is 12.1. The van der Waals surface area contributed by atoms with Crippen LogP contribution in [0.3, 0.4) is 0 Å². The van der Waals surface area contributed by atoms with Crippen LogP contribution in [0.5, 0.6) is 11.5 Å². The van der Waals surface area contributed by atoms with E-state index in [2.05, 4.69) is 10.5 Å². The van der Waals surface area contributed by atoms with E-state index >= 15 is 0 Å². The van der Waals surface area contributed by atoms with Crippen LogP contribution in [0.25, 0.3) is 0 Å². The average Bonchev–Trinajstić information content (AvgIpc) is 2.80. The molecule has 33 heavy (non-hydrogen) atoms. The number of ether oxygens (including phenoxy) is 2. The highest BCUT2D eigenvalue weighted by Crippen LogP contribution is 2.30. The van der Waals surface area contributed by atoms with Crippen LogP contribution in [0.2, 0.25) is 15.1 Å². The number of benzene rings is 3. The summed E-state index contributed by atoms with van der Waals surface area (Å²) in [5.41, 5.74) is 4.16. The van der Waals surface area contributed by atoms with Crippen molar-refractivity contribution < 1.29 is 14.3 Å². The number of amides is 1. The average molecular weight is 524 g/mol. The summed E-state index contributed by atoms with van der Waals surface area (Å²) in [6.07, 6.45) is 1.55. The SMILES string of the molecule is CCOc1cc(/C=N\NC(=O)CSc2ccc(Cl)cc2)ccc1OCc1ccc(Cl)c(Cl)c1. The van der Waals surface area contributed by atoms with Gasteiger partial charge in [0.1, 0.15) is 6.61 Å². The molecule has 0 fully saturated rings. The maximum absolute atomic E-state index is 12.0. The molecule has 3 rings (SSSR count). The van der Waals surface area contributed by atoms with Gasteiger partial charge in [-0.25, -0.2) is 5.43 Å². The molecule has 3 aromatic rings. The Morgan fingerprint density at radius 3 is 2.48 bits per heavy atom. The largest absolute Gasteiger partial charge is 0.490 e. The van der Waals surface area contributed by atoms with Crippen molar-refractivity contribution in [3.63, 3.8) is 0 Å². The van der Waals surface area contributed by atoms with E-state index in [1.807, 2.05) is 31.2 Å². The summed E-state index contributed by atoms with van der Waals surface area (Å²) in [6, 6.07) is 18.1. The Bertz CT molecular complexity index is 1120. The van der Waals surface area contributed by atoms with Crippen molar-refractivity contribution in [2.24, 2.45) is 5.10 Å². The van der Waals surface area contributed by atoms with Crippen molar-refractivity contribution >= 4 is 58.7 Å². The lowest BCUT2D eigenvalue weighted by molar-refractivity contribution is -0.118. The third kappa shape index (κ3) is 8.16. The fraction of sp³-hybridized carbons (Fsp3) is 0.167. The second-order valence-corrected chi connectivity index (χ2v) is 9.01. The Labute approximate surface area is 212 Å². The van der Waals surface area contributed by atoms with Crippen LogP contribution < -0.4 is 14.9 Å². The number of hydrazone groups is 1. The molecule has 172 valence electrons. The molecule has 3 aromatic carbocycles. The Morgan fingerprint density at radius 2 is 1.76 bits per heavy atom. The van der Waals surface area contributed by atoms with Crippen molar-refractivity contribution in [1.29, 1.82) is 0 Å². The second kappa shape index (κ2) is 12.8. The van der Waals surface area contributed by atoms with Crippen molar-refractivity contribution in [1.82, 2.24) is 5.43 Å². The number of thioether (sulfide) groups is 1. The first-order valence-electron chi connectivity index (χ1n) is 9.98. The predicted octanol–water partition coefficient (Wildman–Crippen LogP) is 6.87. The number of hydrogen-bond acceptors (Lipinski definition) is 5. The third-order valence-corrected chi connectivity index (χ3v) is 6.24. The second-order valence-electron chi connectivity index (χ2n) is 6.71. The molecule has 0 heterocycles. The van der Waals surface area contributed by atoms with Crippen LogP contribution in [0, 0.1) is 0 Å². The van der Waals surface area contributed by atoms with Crippen molar-refractivity contribution in [2.75, 3.05) is 12.4 Å². The van der Waals surface area contributed by atoms with Crippen molar-refractivity contribution in [3.8, 4) is 11.5 Å². The zero-order valence-corrected chi connectivity index (χ0v) is 20.8. The molecular weight excluding hydrogens is 503 g/mol. The molecule has 0 aliphatic heterocycles. The molecule has 0 saturated carbocycles. The van der Waals surface area contributed by atoms with Gasteiger partial charge in [-0.1, -0.05) is 40.9 Å². The van der Waals surface area contributed by atoms with Crippen LogP contribution in [0.1, 0.15) is 18.1 Å². The van der Waals surface area contributed by atoms with Gasteiger partial charge in [0.05, 0.1) is 28.6 Å². The number of nitrogens with zero attached hydrogens (tertiary/aromatic N) is 1. The molecule has 9 heteroatoms. The summed E-state index contributed by atoms with van der Waals surface area (Å²) in [6.45, 7) is 2.68. The van der Waals surface area contributed by atoms with E-state index in [4.69, 9.17) is 44.3 Å². The van der Waals surface area contributed by atoms with Gasteiger partial charge in [-0.05, 0) is 72.6 Å². The summed E-state index contributed by atoms with van der Waals surface area (Å²) in [5, 5.41) is 5.66. The Hall–Kier alpha value is -2.38. The standard InChI is InChI=1S/C24H21Cl3N2O3S/c1-2-31-23-12-16(4-10-22(23)32-14-17-3-9-20(26)21(27)11-17)13-28-29-24(30)15-33-19-7-5-18(25)6-8-19/h3-13H,2,14-15H2,1H3,(H,29,30)/b28-13-. The molecule has 0 aliphatic carbocycles. The molecule has 0 unspecified atom stereocenters. The Balaban J connectivity index is 1.55. The van der Waals surface area contributed by atoms with Gasteiger partial charge >= 0.3 is 0 Å². The maximum atomic E-state index is 12.0. The topological polar surface area (TPSA) is 59.9 Å². The summed E-state index contributed by atoms with van der Waals surface area (Å²) < 4.78 is 11.6. The van der Waals surface area contributed by atoms with E-state index in [9.17, 15) is 4.79 Å².